The number of ether oxygens (including phenoxy) is 1. The summed E-state index contributed by atoms with van der Waals surface area (Å²) in [4.78, 5) is 17.8. The second kappa shape index (κ2) is 11.1. The molecule has 11 heteroatoms. The van der Waals surface area contributed by atoms with Crippen LogP contribution < -0.4 is 10.3 Å². The Kier molecular flexibility index (Phi) is 7.60. The summed E-state index contributed by atoms with van der Waals surface area (Å²) in [5.41, 5.74) is -0.0253. The SMILES string of the molecule is O=c1c2ccccc2nc(-c2cccc(C(F)(F)F)c2)n1N=Cc1cc(Cl)c(OCc2ccc(F)cc2)c(Cl)c1. The van der Waals surface area contributed by atoms with Crippen molar-refractivity contribution in [3.8, 4) is 17.1 Å². The van der Waals surface area contributed by atoms with Gasteiger partial charge in [0.15, 0.2) is 11.6 Å². The van der Waals surface area contributed by atoms with Gasteiger partial charge in [-0.05, 0) is 59.7 Å². The molecule has 0 aliphatic heterocycles. The normalized spacial score (nSPS) is 11.8. The maximum Gasteiger partial charge on any atom is 0.416 e. The van der Waals surface area contributed by atoms with Crippen molar-refractivity contribution in [1.29, 1.82) is 0 Å². The lowest BCUT2D eigenvalue weighted by Crippen LogP contribution is -2.20. The van der Waals surface area contributed by atoms with E-state index in [-0.39, 0.29) is 45.0 Å². The Bertz CT molecular complexity index is 1780. The van der Waals surface area contributed by atoms with Gasteiger partial charge in [-0.15, -0.1) is 0 Å². The topological polar surface area (TPSA) is 56.5 Å². The van der Waals surface area contributed by atoms with E-state index in [1.165, 1.54) is 42.6 Å². The van der Waals surface area contributed by atoms with E-state index in [1.807, 2.05) is 0 Å². The summed E-state index contributed by atoms with van der Waals surface area (Å²) >= 11 is 12.8. The molecule has 0 unspecified atom stereocenters. The number of halogens is 6. The van der Waals surface area contributed by atoms with Crippen molar-refractivity contribution in [3.63, 3.8) is 0 Å². The van der Waals surface area contributed by atoms with Gasteiger partial charge < -0.3 is 4.74 Å². The molecule has 40 heavy (non-hydrogen) atoms. The number of alkyl halides is 3. The van der Waals surface area contributed by atoms with E-state index in [1.54, 1.807) is 36.4 Å². The highest BCUT2D eigenvalue weighted by Crippen LogP contribution is 2.35. The summed E-state index contributed by atoms with van der Waals surface area (Å²) < 4.78 is 60.0. The van der Waals surface area contributed by atoms with Crippen LogP contribution in [0.5, 0.6) is 5.75 Å². The van der Waals surface area contributed by atoms with Gasteiger partial charge in [-0.1, -0.05) is 59.6 Å². The maximum absolute atomic E-state index is 13.4. The number of benzene rings is 4. The van der Waals surface area contributed by atoms with Gasteiger partial charge in [0, 0.05) is 5.56 Å². The van der Waals surface area contributed by atoms with Gasteiger partial charge in [-0.3, -0.25) is 4.79 Å². The number of hydrogen-bond donors (Lipinski definition) is 0. The Hall–Kier alpha value is -4.21. The molecule has 0 aliphatic carbocycles. The van der Waals surface area contributed by atoms with Crippen LogP contribution in [0, 0.1) is 5.82 Å². The van der Waals surface area contributed by atoms with E-state index >= 15 is 0 Å². The highest BCUT2D eigenvalue weighted by Gasteiger charge is 2.31. The molecule has 4 aromatic carbocycles. The zero-order chi connectivity index (χ0) is 28.4. The highest BCUT2D eigenvalue weighted by atomic mass is 35.5. The molecule has 0 spiro atoms. The second-order valence-electron chi connectivity index (χ2n) is 8.62. The van der Waals surface area contributed by atoms with Crippen molar-refractivity contribution in [2.24, 2.45) is 5.10 Å². The molecule has 202 valence electrons. The molecule has 0 fully saturated rings. The minimum absolute atomic E-state index is 0.0513. The minimum Gasteiger partial charge on any atom is -0.486 e. The lowest BCUT2D eigenvalue weighted by Gasteiger charge is -2.12. The third-order valence-corrected chi connectivity index (χ3v) is 6.40. The van der Waals surface area contributed by atoms with Gasteiger partial charge in [0.25, 0.3) is 5.56 Å². The zero-order valence-electron chi connectivity index (χ0n) is 20.3. The van der Waals surface area contributed by atoms with Crippen LogP contribution in [-0.2, 0) is 12.8 Å². The number of rotatable bonds is 6. The predicted molar refractivity (Wildman–Crippen MR) is 147 cm³/mol. The molecule has 0 radical (unpaired) electrons. The maximum atomic E-state index is 13.4. The van der Waals surface area contributed by atoms with Crippen LogP contribution >= 0.6 is 23.2 Å². The number of para-hydroxylation sites is 1. The van der Waals surface area contributed by atoms with Gasteiger partial charge in [0.05, 0.1) is 32.7 Å². The largest absolute Gasteiger partial charge is 0.486 e. The molecule has 5 nitrogen and oxygen atoms in total. The Morgan fingerprint density at radius 3 is 2.33 bits per heavy atom. The molecule has 5 rings (SSSR count). The smallest absolute Gasteiger partial charge is 0.416 e. The van der Waals surface area contributed by atoms with Crippen LogP contribution in [0.15, 0.2) is 94.8 Å². The summed E-state index contributed by atoms with van der Waals surface area (Å²) in [6, 6.07) is 19.7. The number of aromatic nitrogens is 2. The molecule has 1 aromatic heterocycles. The molecule has 1 heterocycles. The van der Waals surface area contributed by atoms with Gasteiger partial charge >= 0.3 is 6.18 Å². The first-order valence-corrected chi connectivity index (χ1v) is 12.5. The zero-order valence-corrected chi connectivity index (χ0v) is 21.8. The van der Waals surface area contributed by atoms with Crippen molar-refractivity contribution in [1.82, 2.24) is 9.66 Å². The molecule has 0 amide bonds. The van der Waals surface area contributed by atoms with E-state index in [0.29, 0.717) is 16.6 Å². The third-order valence-electron chi connectivity index (χ3n) is 5.84. The van der Waals surface area contributed by atoms with Crippen molar-refractivity contribution in [2.45, 2.75) is 12.8 Å². The second-order valence-corrected chi connectivity index (χ2v) is 9.44. The first-order chi connectivity index (χ1) is 19.1. The summed E-state index contributed by atoms with van der Waals surface area (Å²) in [5, 5.41) is 4.78. The number of hydrogen-bond acceptors (Lipinski definition) is 4. The molecule has 5 aromatic rings. The fraction of sp³-hybridized carbons (Fsp3) is 0.0690. The number of fused-ring (bicyclic) bond motifs is 1. The average Bonchev–Trinajstić information content (AvgIpc) is 2.92. The predicted octanol–water partition coefficient (Wildman–Crippen LogP) is 7.99. The van der Waals surface area contributed by atoms with Crippen LogP contribution in [0.25, 0.3) is 22.3 Å². The quantitative estimate of drug-likeness (QED) is 0.150. The van der Waals surface area contributed by atoms with Crippen LogP contribution in [-0.4, -0.2) is 15.9 Å². The highest BCUT2D eigenvalue weighted by molar-refractivity contribution is 6.37. The standard InChI is InChI=1S/C29H17Cl2F4N3O2/c30-23-12-18(13-24(31)26(23)40-16-17-8-10-21(32)11-9-17)15-36-38-27(19-4-3-5-20(14-19)29(33,34)35)37-25-7-2-1-6-22(25)28(38)39/h1-15H,16H2. The van der Waals surface area contributed by atoms with Gasteiger partial charge in [-0.2, -0.15) is 22.9 Å². The van der Waals surface area contributed by atoms with Crippen LogP contribution in [0.2, 0.25) is 10.0 Å². The Morgan fingerprint density at radius 1 is 0.925 bits per heavy atom. The molecule has 0 saturated carbocycles. The first kappa shape index (κ1) is 27.4. The fourth-order valence-electron chi connectivity index (χ4n) is 3.90. The van der Waals surface area contributed by atoms with E-state index in [0.717, 1.165) is 16.8 Å². The lowest BCUT2D eigenvalue weighted by molar-refractivity contribution is -0.137. The van der Waals surface area contributed by atoms with Gasteiger partial charge in [0.2, 0.25) is 0 Å². The summed E-state index contributed by atoms with van der Waals surface area (Å²) in [6.45, 7) is 0.0889. The van der Waals surface area contributed by atoms with Gasteiger partial charge in [-0.25, -0.2) is 9.37 Å². The van der Waals surface area contributed by atoms with Crippen LogP contribution in [0.1, 0.15) is 16.7 Å². The lowest BCUT2D eigenvalue weighted by atomic mass is 10.1. The Morgan fingerprint density at radius 2 is 1.62 bits per heavy atom. The molecular formula is C29H17Cl2F4N3O2. The van der Waals surface area contributed by atoms with Crippen molar-refractivity contribution < 1.29 is 22.3 Å². The third kappa shape index (κ3) is 5.85. The van der Waals surface area contributed by atoms with E-state index in [4.69, 9.17) is 27.9 Å². The monoisotopic (exact) mass is 585 g/mol. The molecule has 0 aliphatic rings. The van der Waals surface area contributed by atoms with E-state index in [2.05, 4.69) is 10.1 Å². The molecule has 0 saturated heterocycles. The fourth-order valence-corrected chi connectivity index (χ4v) is 4.52. The molecule has 0 bridgehead atoms. The van der Waals surface area contributed by atoms with Crippen LogP contribution in [0.3, 0.4) is 0 Å². The first-order valence-electron chi connectivity index (χ1n) is 11.7. The van der Waals surface area contributed by atoms with Crippen molar-refractivity contribution in [3.05, 3.63) is 128 Å². The van der Waals surface area contributed by atoms with Gasteiger partial charge in [0.1, 0.15) is 12.4 Å². The van der Waals surface area contributed by atoms with Crippen molar-refractivity contribution in [2.75, 3.05) is 0 Å². The van der Waals surface area contributed by atoms with E-state index in [9.17, 15) is 22.4 Å². The van der Waals surface area contributed by atoms with Crippen LogP contribution in [0.4, 0.5) is 17.6 Å². The van der Waals surface area contributed by atoms with E-state index < -0.39 is 17.3 Å². The minimum atomic E-state index is -4.59. The number of nitrogens with zero attached hydrogens (tertiary/aromatic N) is 3. The molecule has 0 N–H and O–H groups in total. The Balaban J connectivity index is 1.52. The Labute approximate surface area is 234 Å². The summed E-state index contributed by atoms with van der Waals surface area (Å²) in [6.07, 6.45) is -3.30. The van der Waals surface area contributed by atoms with Crippen molar-refractivity contribution >= 4 is 40.3 Å². The summed E-state index contributed by atoms with van der Waals surface area (Å²) in [5.74, 6) is -0.262. The summed E-state index contributed by atoms with van der Waals surface area (Å²) in [7, 11) is 0. The molecule has 0 atom stereocenters. The average molecular weight is 586 g/mol. The molecular weight excluding hydrogens is 569 g/mol.